The van der Waals surface area contributed by atoms with Crippen molar-refractivity contribution >= 4 is 5.97 Å². The Balaban J connectivity index is 1.86. The second-order valence-corrected chi connectivity index (χ2v) is 6.97. The van der Waals surface area contributed by atoms with Crippen LogP contribution in [0.1, 0.15) is 25.7 Å². The maximum Gasteiger partial charge on any atom is 0.306 e. The van der Waals surface area contributed by atoms with E-state index >= 15 is 0 Å². The van der Waals surface area contributed by atoms with Gasteiger partial charge in [0.1, 0.15) is 5.60 Å². The van der Waals surface area contributed by atoms with Crippen LogP contribution < -0.4 is 0 Å². The molecule has 1 aliphatic carbocycles. The maximum absolute atomic E-state index is 11.2. The SMILES string of the molecule is O=C(O)[C@H]1CC[C@H]2[C@@H](C1)O[C@@]1(C[C@H](O)[C@H](CO)CO1)[C@]2(O)CO. The molecule has 1 spiro atoms. The molecule has 2 heterocycles. The molecule has 2 saturated heterocycles. The Bertz CT molecular complexity index is 470. The van der Waals surface area contributed by atoms with Gasteiger partial charge in [-0.15, -0.1) is 0 Å². The van der Waals surface area contributed by atoms with E-state index in [4.69, 9.17) is 9.47 Å². The number of carbonyl (C=O) groups is 1. The third kappa shape index (κ3) is 2.48. The summed E-state index contributed by atoms with van der Waals surface area (Å²) >= 11 is 0. The molecular weight excluding hydrogens is 308 g/mol. The summed E-state index contributed by atoms with van der Waals surface area (Å²) in [5.41, 5.74) is -1.69. The normalized spacial score (nSPS) is 50.0. The minimum atomic E-state index is -1.69. The lowest BCUT2D eigenvalue weighted by Gasteiger charge is -2.47. The zero-order valence-corrected chi connectivity index (χ0v) is 12.8. The van der Waals surface area contributed by atoms with Crippen LogP contribution in [-0.2, 0) is 14.3 Å². The van der Waals surface area contributed by atoms with Crippen molar-refractivity contribution in [3.8, 4) is 0 Å². The molecule has 132 valence electrons. The highest BCUT2D eigenvalue weighted by Gasteiger charge is 2.68. The molecule has 3 rings (SSSR count). The van der Waals surface area contributed by atoms with E-state index in [9.17, 15) is 30.3 Å². The molecule has 5 N–H and O–H groups in total. The van der Waals surface area contributed by atoms with Crippen molar-refractivity contribution in [2.24, 2.45) is 17.8 Å². The Labute approximate surface area is 133 Å². The highest BCUT2D eigenvalue weighted by atomic mass is 16.7. The number of aliphatic hydroxyl groups is 4. The van der Waals surface area contributed by atoms with Crippen molar-refractivity contribution in [3.05, 3.63) is 0 Å². The van der Waals surface area contributed by atoms with Crippen molar-refractivity contribution in [3.63, 3.8) is 0 Å². The van der Waals surface area contributed by atoms with Gasteiger partial charge in [-0.25, -0.2) is 0 Å². The van der Waals surface area contributed by atoms with Gasteiger partial charge in [0.05, 0.1) is 37.9 Å². The van der Waals surface area contributed by atoms with Crippen molar-refractivity contribution in [1.29, 1.82) is 0 Å². The Morgan fingerprint density at radius 2 is 2.00 bits per heavy atom. The Hall–Kier alpha value is -0.770. The van der Waals surface area contributed by atoms with E-state index in [0.717, 1.165) is 0 Å². The molecule has 7 atom stereocenters. The molecule has 0 aromatic rings. The smallest absolute Gasteiger partial charge is 0.306 e. The number of carboxylic acid groups (broad SMARTS) is 1. The molecule has 0 unspecified atom stereocenters. The number of aliphatic hydroxyl groups excluding tert-OH is 3. The summed E-state index contributed by atoms with van der Waals surface area (Å²) in [5, 5.41) is 49.5. The number of aliphatic carboxylic acids is 1. The summed E-state index contributed by atoms with van der Waals surface area (Å²) in [6.45, 7) is -0.840. The predicted octanol–water partition coefficient (Wildman–Crippen LogP) is -1.30. The first-order valence-electron chi connectivity index (χ1n) is 8.03. The summed E-state index contributed by atoms with van der Waals surface area (Å²) < 4.78 is 11.6. The molecule has 0 radical (unpaired) electrons. The first-order chi connectivity index (χ1) is 10.9. The van der Waals surface area contributed by atoms with Crippen LogP contribution in [0.25, 0.3) is 0 Å². The molecule has 23 heavy (non-hydrogen) atoms. The summed E-state index contributed by atoms with van der Waals surface area (Å²) in [4.78, 5) is 11.2. The van der Waals surface area contributed by atoms with Crippen LogP contribution in [-0.4, -0.2) is 74.9 Å². The lowest BCUT2D eigenvalue weighted by Crippen LogP contribution is -2.63. The number of ether oxygens (including phenoxy) is 2. The summed E-state index contributed by atoms with van der Waals surface area (Å²) in [5.74, 6) is -3.92. The quantitative estimate of drug-likeness (QED) is 0.430. The van der Waals surface area contributed by atoms with Crippen LogP contribution in [0, 0.1) is 17.8 Å². The highest BCUT2D eigenvalue weighted by molar-refractivity contribution is 5.70. The molecule has 8 heteroatoms. The van der Waals surface area contributed by atoms with Gasteiger partial charge >= 0.3 is 5.97 Å². The topological polar surface area (TPSA) is 137 Å². The summed E-state index contributed by atoms with van der Waals surface area (Å²) in [6.07, 6.45) is -0.488. The second-order valence-electron chi connectivity index (χ2n) is 6.97. The van der Waals surface area contributed by atoms with E-state index in [0.29, 0.717) is 12.8 Å². The molecule has 1 saturated carbocycles. The van der Waals surface area contributed by atoms with Gasteiger partial charge in [-0.05, 0) is 19.3 Å². The minimum absolute atomic E-state index is 0.00176. The van der Waals surface area contributed by atoms with Gasteiger partial charge in [0.2, 0.25) is 5.79 Å². The molecular formula is C15H24O8. The molecule has 0 bridgehead atoms. The molecule has 0 amide bonds. The lowest BCUT2D eigenvalue weighted by atomic mass is 9.70. The fourth-order valence-electron chi connectivity index (χ4n) is 4.31. The Morgan fingerprint density at radius 1 is 1.26 bits per heavy atom. The van der Waals surface area contributed by atoms with E-state index in [1.54, 1.807) is 0 Å². The van der Waals surface area contributed by atoms with Gasteiger partial charge in [-0.2, -0.15) is 0 Å². The Morgan fingerprint density at radius 3 is 2.57 bits per heavy atom. The van der Waals surface area contributed by atoms with Crippen LogP contribution in [0.5, 0.6) is 0 Å². The van der Waals surface area contributed by atoms with E-state index in [1.165, 1.54) is 0 Å². The van der Waals surface area contributed by atoms with Gasteiger partial charge in [-0.1, -0.05) is 0 Å². The van der Waals surface area contributed by atoms with Crippen LogP contribution in [0.2, 0.25) is 0 Å². The number of hydrogen-bond donors (Lipinski definition) is 5. The summed E-state index contributed by atoms with van der Waals surface area (Å²) in [6, 6.07) is 0. The van der Waals surface area contributed by atoms with Gasteiger partial charge in [0, 0.05) is 18.3 Å². The van der Waals surface area contributed by atoms with E-state index in [-0.39, 0.29) is 26.1 Å². The fraction of sp³-hybridized carbons (Fsp3) is 0.933. The average molecular weight is 332 g/mol. The molecule has 3 fully saturated rings. The molecule has 0 aromatic carbocycles. The largest absolute Gasteiger partial charge is 0.481 e. The highest BCUT2D eigenvalue weighted by Crippen LogP contribution is 2.54. The van der Waals surface area contributed by atoms with Crippen LogP contribution in [0.3, 0.4) is 0 Å². The molecule has 2 aliphatic heterocycles. The number of fused-ring (bicyclic) bond motifs is 1. The van der Waals surface area contributed by atoms with Gasteiger partial charge in [0.25, 0.3) is 0 Å². The van der Waals surface area contributed by atoms with Crippen molar-refractivity contribution in [2.45, 2.75) is 49.3 Å². The molecule has 3 aliphatic rings. The van der Waals surface area contributed by atoms with Gasteiger partial charge < -0.3 is 35.0 Å². The Kier molecular flexibility index (Phi) is 4.41. The van der Waals surface area contributed by atoms with Crippen LogP contribution in [0.15, 0.2) is 0 Å². The third-order valence-electron chi connectivity index (χ3n) is 5.78. The zero-order valence-electron chi connectivity index (χ0n) is 12.8. The zero-order chi connectivity index (χ0) is 16.8. The first kappa shape index (κ1) is 17.1. The number of hydrogen-bond acceptors (Lipinski definition) is 7. The molecule has 0 aromatic heterocycles. The molecule has 8 nitrogen and oxygen atoms in total. The van der Waals surface area contributed by atoms with Crippen molar-refractivity contribution in [2.75, 3.05) is 19.8 Å². The fourth-order valence-corrected chi connectivity index (χ4v) is 4.31. The minimum Gasteiger partial charge on any atom is -0.481 e. The number of carboxylic acids is 1. The first-order valence-corrected chi connectivity index (χ1v) is 8.03. The van der Waals surface area contributed by atoms with Crippen LogP contribution >= 0.6 is 0 Å². The van der Waals surface area contributed by atoms with E-state index in [2.05, 4.69) is 0 Å². The van der Waals surface area contributed by atoms with Crippen LogP contribution in [0.4, 0.5) is 0 Å². The summed E-state index contributed by atoms with van der Waals surface area (Å²) in [7, 11) is 0. The number of rotatable bonds is 3. The monoisotopic (exact) mass is 332 g/mol. The van der Waals surface area contributed by atoms with Gasteiger partial charge in [-0.3, -0.25) is 4.79 Å². The van der Waals surface area contributed by atoms with Crippen molar-refractivity contribution in [1.82, 2.24) is 0 Å². The predicted molar refractivity (Wildman–Crippen MR) is 75.3 cm³/mol. The standard InChI is InChI=1S/C15H24O8/c16-5-9-6-22-15(4-11(9)18)14(21,7-17)10-2-1-8(13(19)20)3-12(10)23-15/h8-12,16-18,21H,1-7H2,(H,19,20)/t8-,9+,10-,11-,12+,14-,15-/m0/s1. The lowest BCUT2D eigenvalue weighted by molar-refractivity contribution is -0.334. The maximum atomic E-state index is 11.2. The van der Waals surface area contributed by atoms with E-state index in [1.807, 2.05) is 0 Å². The van der Waals surface area contributed by atoms with E-state index < -0.39 is 53.9 Å². The third-order valence-corrected chi connectivity index (χ3v) is 5.78. The van der Waals surface area contributed by atoms with Crippen molar-refractivity contribution < 1.29 is 39.8 Å². The average Bonchev–Trinajstić information content (AvgIpc) is 2.76. The van der Waals surface area contributed by atoms with Gasteiger partial charge in [0.15, 0.2) is 0 Å². The second kappa shape index (κ2) is 5.94.